The fourth-order valence-corrected chi connectivity index (χ4v) is 9.22. The summed E-state index contributed by atoms with van der Waals surface area (Å²) in [5.74, 6) is 0. The molecule has 0 bridgehead atoms. The topological polar surface area (TPSA) is 16.4 Å². The molecule has 0 saturated heterocycles. The summed E-state index contributed by atoms with van der Waals surface area (Å²) in [5.41, 5.74) is 5.32. The first-order valence-corrected chi connectivity index (χ1v) is 17.5. The number of para-hydroxylation sites is 1. The molecule has 228 valence electrons. The summed E-state index contributed by atoms with van der Waals surface area (Å²) >= 11 is 1.87. The number of anilines is 3. The Morgan fingerprint density at radius 3 is 1.86 bits per heavy atom. The molecular formula is C46H27NOS. The van der Waals surface area contributed by atoms with Crippen LogP contribution >= 0.6 is 11.3 Å². The number of furan rings is 1. The number of benzene rings is 9. The van der Waals surface area contributed by atoms with E-state index >= 15 is 0 Å². The van der Waals surface area contributed by atoms with Crippen LogP contribution in [0.15, 0.2) is 168 Å². The third-order valence-electron chi connectivity index (χ3n) is 10.2. The van der Waals surface area contributed by atoms with Crippen molar-refractivity contribution in [1.29, 1.82) is 0 Å². The zero-order chi connectivity index (χ0) is 32.1. The molecule has 2 nitrogen and oxygen atoms in total. The summed E-state index contributed by atoms with van der Waals surface area (Å²) in [6.45, 7) is 0. The predicted octanol–water partition coefficient (Wildman–Crippen LogP) is 14.0. The molecule has 0 aliphatic heterocycles. The van der Waals surface area contributed by atoms with Crippen molar-refractivity contribution in [2.45, 2.75) is 0 Å². The molecule has 0 amide bonds. The molecule has 49 heavy (non-hydrogen) atoms. The summed E-state index contributed by atoms with van der Waals surface area (Å²) in [6, 6.07) is 59.6. The summed E-state index contributed by atoms with van der Waals surface area (Å²) in [4.78, 5) is 2.47. The summed E-state index contributed by atoms with van der Waals surface area (Å²) in [5, 5.41) is 14.7. The van der Waals surface area contributed by atoms with Crippen LogP contribution in [0.3, 0.4) is 0 Å². The predicted molar refractivity (Wildman–Crippen MR) is 211 cm³/mol. The van der Waals surface area contributed by atoms with Crippen LogP contribution in [0.4, 0.5) is 17.1 Å². The van der Waals surface area contributed by atoms with Crippen LogP contribution in [0.25, 0.3) is 85.2 Å². The Morgan fingerprint density at radius 1 is 0.367 bits per heavy atom. The van der Waals surface area contributed by atoms with Gasteiger partial charge in [-0.15, -0.1) is 11.3 Å². The Balaban J connectivity index is 1.24. The Labute approximate surface area is 285 Å². The van der Waals surface area contributed by atoms with Gasteiger partial charge in [0.1, 0.15) is 11.2 Å². The molecule has 0 N–H and O–H groups in total. The third-order valence-corrected chi connectivity index (χ3v) is 11.4. The van der Waals surface area contributed by atoms with Crippen molar-refractivity contribution in [2.24, 2.45) is 0 Å². The monoisotopic (exact) mass is 641 g/mol. The van der Waals surface area contributed by atoms with Gasteiger partial charge >= 0.3 is 0 Å². The minimum Gasteiger partial charge on any atom is -0.456 e. The van der Waals surface area contributed by atoms with E-state index in [2.05, 4.69) is 163 Å². The van der Waals surface area contributed by atoms with E-state index in [1.165, 1.54) is 68.9 Å². The molecule has 0 saturated carbocycles. The van der Waals surface area contributed by atoms with E-state index < -0.39 is 0 Å². The van der Waals surface area contributed by atoms with E-state index in [4.69, 9.17) is 4.42 Å². The molecule has 0 spiro atoms. The molecule has 11 rings (SSSR count). The first-order valence-electron chi connectivity index (χ1n) is 16.7. The number of hydrogen-bond acceptors (Lipinski definition) is 3. The number of rotatable bonds is 3. The normalized spacial score (nSPS) is 12.1. The van der Waals surface area contributed by atoms with Crippen molar-refractivity contribution in [2.75, 3.05) is 4.90 Å². The van der Waals surface area contributed by atoms with Crippen LogP contribution in [0.5, 0.6) is 0 Å². The molecule has 3 heteroatoms. The number of thiophene rings is 1. The van der Waals surface area contributed by atoms with Crippen molar-refractivity contribution in [3.8, 4) is 0 Å². The molecule has 0 aliphatic rings. The van der Waals surface area contributed by atoms with Gasteiger partial charge in [0.05, 0.1) is 16.1 Å². The highest BCUT2D eigenvalue weighted by Gasteiger charge is 2.21. The fraction of sp³-hybridized carbons (Fsp3) is 0. The van der Waals surface area contributed by atoms with Gasteiger partial charge in [0.2, 0.25) is 0 Å². The van der Waals surface area contributed by atoms with Crippen LogP contribution in [-0.2, 0) is 0 Å². The molecule has 0 aliphatic carbocycles. The van der Waals surface area contributed by atoms with E-state index in [-0.39, 0.29) is 0 Å². The molecule has 2 heterocycles. The van der Waals surface area contributed by atoms with Gasteiger partial charge in [0.25, 0.3) is 0 Å². The number of hydrogen-bond donors (Lipinski definition) is 0. The highest BCUT2D eigenvalue weighted by Crippen LogP contribution is 2.48. The van der Waals surface area contributed by atoms with Crippen LogP contribution < -0.4 is 4.90 Å². The smallest absolute Gasteiger partial charge is 0.136 e. The first kappa shape index (κ1) is 26.9. The zero-order valence-corrected chi connectivity index (χ0v) is 27.2. The fourth-order valence-electron chi connectivity index (χ4n) is 8.02. The van der Waals surface area contributed by atoms with Gasteiger partial charge in [-0.3, -0.25) is 0 Å². The summed E-state index contributed by atoms with van der Waals surface area (Å²) in [6.07, 6.45) is 0. The lowest BCUT2D eigenvalue weighted by Gasteiger charge is -2.28. The maximum absolute atomic E-state index is 6.40. The highest BCUT2D eigenvalue weighted by atomic mass is 32.1. The maximum atomic E-state index is 6.40. The quantitative estimate of drug-likeness (QED) is 0.179. The van der Waals surface area contributed by atoms with Crippen LogP contribution in [0, 0.1) is 0 Å². The van der Waals surface area contributed by atoms with Gasteiger partial charge in [-0.1, -0.05) is 115 Å². The van der Waals surface area contributed by atoms with Gasteiger partial charge in [-0.25, -0.2) is 0 Å². The van der Waals surface area contributed by atoms with Crippen molar-refractivity contribution >= 4 is 114 Å². The standard InChI is InChI=1S/C46H27NOS/c1-2-13-30-28(11-1)12-9-19-41(30)47(42-20-10-18-36-35-17-6-8-22-45(35)49-46(36)42)29-23-24-33-37(25-29)31-14-3-4-15-32(31)38-26-40-34-16-5-7-21-43(34)48-44(40)27-39(33)38/h1-27H. The van der Waals surface area contributed by atoms with Crippen LogP contribution in [0.1, 0.15) is 0 Å². The molecule has 0 radical (unpaired) electrons. The Kier molecular flexibility index (Phi) is 5.57. The zero-order valence-electron chi connectivity index (χ0n) is 26.4. The minimum atomic E-state index is 0.920. The van der Waals surface area contributed by atoms with Crippen molar-refractivity contribution in [3.63, 3.8) is 0 Å². The average Bonchev–Trinajstić information content (AvgIpc) is 3.73. The van der Waals surface area contributed by atoms with Gasteiger partial charge < -0.3 is 9.32 Å². The van der Waals surface area contributed by atoms with Crippen molar-refractivity contribution in [3.05, 3.63) is 164 Å². The Morgan fingerprint density at radius 2 is 0.980 bits per heavy atom. The van der Waals surface area contributed by atoms with Crippen LogP contribution in [-0.4, -0.2) is 0 Å². The Hall–Kier alpha value is -6.16. The average molecular weight is 642 g/mol. The number of nitrogens with zero attached hydrogens (tertiary/aromatic N) is 1. The second-order valence-corrected chi connectivity index (χ2v) is 13.9. The van der Waals surface area contributed by atoms with Crippen molar-refractivity contribution < 1.29 is 4.42 Å². The van der Waals surface area contributed by atoms with Crippen LogP contribution in [0.2, 0.25) is 0 Å². The molecule has 9 aromatic carbocycles. The molecule has 2 aromatic heterocycles. The molecule has 0 fully saturated rings. The van der Waals surface area contributed by atoms with E-state index in [0.717, 1.165) is 33.3 Å². The lowest BCUT2D eigenvalue weighted by atomic mass is 9.92. The molecule has 0 unspecified atom stereocenters. The minimum absolute atomic E-state index is 0.920. The largest absolute Gasteiger partial charge is 0.456 e. The van der Waals surface area contributed by atoms with Gasteiger partial charge in [0.15, 0.2) is 0 Å². The van der Waals surface area contributed by atoms with E-state index in [1.807, 2.05) is 17.4 Å². The third kappa shape index (κ3) is 3.88. The lowest BCUT2D eigenvalue weighted by molar-refractivity contribution is 0.669. The van der Waals surface area contributed by atoms with Gasteiger partial charge in [0, 0.05) is 37.3 Å². The van der Waals surface area contributed by atoms with Gasteiger partial charge in [-0.2, -0.15) is 0 Å². The second kappa shape index (κ2) is 10.2. The second-order valence-electron chi connectivity index (χ2n) is 12.9. The maximum Gasteiger partial charge on any atom is 0.136 e. The summed E-state index contributed by atoms with van der Waals surface area (Å²) < 4.78 is 8.98. The summed E-state index contributed by atoms with van der Waals surface area (Å²) in [7, 11) is 0. The van der Waals surface area contributed by atoms with E-state index in [9.17, 15) is 0 Å². The highest BCUT2D eigenvalue weighted by molar-refractivity contribution is 7.26. The van der Waals surface area contributed by atoms with E-state index in [1.54, 1.807) is 0 Å². The lowest BCUT2D eigenvalue weighted by Crippen LogP contribution is -2.10. The Bertz CT molecular complexity index is 3120. The van der Waals surface area contributed by atoms with Gasteiger partial charge in [-0.05, 0) is 86.2 Å². The number of fused-ring (bicyclic) bond motifs is 13. The van der Waals surface area contributed by atoms with E-state index in [0.29, 0.717) is 0 Å². The molecular weight excluding hydrogens is 615 g/mol. The van der Waals surface area contributed by atoms with Crippen molar-refractivity contribution in [1.82, 2.24) is 0 Å². The molecule has 0 atom stereocenters. The SMILES string of the molecule is c1ccc2c(N(c3ccc4c(c3)c3ccccc3c3cc5c(cc43)oc3ccccc35)c3cccc4c3sc3ccccc34)cccc2c1. The molecule has 11 aromatic rings. The first-order chi connectivity index (χ1) is 24.3.